The summed E-state index contributed by atoms with van der Waals surface area (Å²) in [5.41, 5.74) is 2.08. The van der Waals surface area contributed by atoms with Gasteiger partial charge in [-0.3, -0.25) is 0 Å². The summed E-state index contributed by atoms with van der Waals surface area (Å²) in [6.45, 7) is 3.72. The molecule has 28 heavy (non-hydrogen) atoms. The summed E-state index contributed by atoms with van der Waals surface area (Å²) < 4.78 is 12.2. The van der Waals surface area contributed by atoms with Crippen molar-refractivity contribution in [3.63, 3.8) is 0 Å². The Hall–Kier alpha value is -2.05. The summed E-state index contributed by atoms with van der Waals surface area (Å²) in [5, 5.41) is 2.24. The van der Waals surface area contributed by atoms with Crippen molar-refractivity contribution in [2.45, 2.75) is 6.92 Å². The van der Waals surface area contributed by atoms with Gasteiger partial charge in [-0.1, -0.05) is 23.7 Å². The summed E-state index contributed by atoms with van der Waals surface area (Å²) in [4.78, 5) is 8.72. The van der Waals surface area contributed by atoms with Crippen molar-refractivity contribution in [1.82, 2.24) is 9.97 Å². The molecule has 4 nitrogen and oxygen atoms in total. The summed E-state index contributed by atoms with van der Waals surface area (Å²) in [7, 11) is 0. The topological polar surface area (TPSA) is 47.1 Å². The summed E-state index contributed by atoms with van der Waals surface area (Å²) in [6, 6.07) is 14.5. The molecule has 0 bridgehead atoms. The number of rotatable bonds is 7. The number of hydrogen-bond donors (Lipinski definition) is 1. The van der Waals surface area contributed by atoms with E-state index in [0.29, 0.717) is 19.8 Å². The molecule has 0 atom stereocenters. The van der Waals surface area contributed by atoms with Gasteiger partial charge in [-0.15, -0.1) is 23.7 Å². The van der Waals surface area contributed by atoms with E-state index >= 15 is 0 Å². The first-order chi connectivity index (χ1) is 13.2. The molecule has 146 valence electrons. The zero-order chi connectivity index (χ0) is 18.6. The van der Waals surface area contributed by atoms with Gasteiger partial charge in [0.2, 0.25) is 0 Å². The zero-order valence-corrected chi connectivity index (χ0v) is 17.7. The highest BCUT2D eigenvalue weighted by molar-refractivity contribution is 7.19. The number of hydrogen-bond acceptors (Lipinski definition) is 4. The highest BCUT2D eigenvalue weighted by Crippen LogP contribution is 2.36. The number of aromatic amines is 1. The number of imidazole rings is 1. The van der Waals surface area contributed by atoms with Crippen LogP contribution >= 0.6 is 35.3 Å². The quantitative estimate of drug-likeness (QED) is 0.340. The Morgan fingerprint density at radius 2 is 1.96 bits per heavy atom. The fourth-order valence-corrected chi connectivity index (χ4v) is 4.01. The molecule has 2 aromatic carbocycles. The lowest BCUT2D eigenvalue weighted by atomic mass is 10.0. The molecular formula is C21H20Cl2N2O2S. The second-order valence-electron chi connectivity index (χ2n) is 6.00. The second kappa shape index (κ2) is 9.43. The number of halogens is 2. The van der Waals surface area contributed by atoms with E-state index < -0.39 is 0 Å². The molecule has 2 aromatic heterocycles. The maximum Gasteiger partial charge on any atom is 0.141 e. The van der Waals surface area contributed by atoms with Crippen LogP contribution < -0.4 is 4.74 Å². The van der Waals surface area contributed by atoms with Gasteiger partial charge in [0.1, 0.15) is 18.2 Å². The van der Waals surface area contributed by atoms with Gasteiger partial charge in [0.25, 0.3) is 0 Å². The lowest BCUT2D eigenvalue weighted by Gasteiger charge is -2.13. The minimum atomic E-state index is 0. The first-order valence-corrected chi connectivity index (χ1v) is 9.98. The van der Waals surface area contributed by atoms with E-state index in [1.54, 1.807) is 17.5 Å². The molecule has 7 heteroatoms. The van der Waals surface area contributed by atoms with Crippen molar-refractivity contribution < 1.29 is 9.47 Å². The molecule has 2 heterocycles. The van der Waals surface area contributed by atoms with Crippen molar-refractivity contribution >= 4 is 46.1 Å². The smallest absolute Gasteiger partial charge is 0.141 e. The molecule has 0 fully saturated rings. The maximum absolute atomic E-state index is 6.09. The van der Waals surface area contributed by atoms with E-state index in [9.17, 15) is 0 Å². The van der Waals surface area contributed by atoms with Gasteiger partial charge in [-0.25, -0.2) is 4.98 Å². The SMILES string of the molecule is CCOCCOc1cc2ccc(-c3ccc(Cl)s3)cc2cc1-c1ncc[nH]1.Cl. The van der Waals surface area contributed by atoms with Gasteiger partial charge in [0.15, 0.2) is 0 Å². The lowest BCUT2D eigenvalue weighted by Crippen LogP contribution is -2.07. The van der Waals surface area contributed by atoms with Crippen LogP contribution in [0.4, 0.5) is 0 Å². The number of H-pyrrole nitrogens is 1. The fourth-order valence-electron chi connectivity index (χ4n) is 2.97. The first kappa shape index (κ1) is 20.7. The number of nitrogens with one attached hydrogen (secondary N) is 1. The number of fused-ring (bicyclic) bond motifs is 1. The third-order valence-electron chi connectivity index (χ3n) is 4.24. The van der Waals surface area contributed by atoms with Crippen molar-refractivity contribution in [2.75, 3.05) is 19.8 Å². The van der Waals surface area contributed by atoms with Crippen LogP contribution in [-0.2, 0) is 4.74 Å². The maximum atomic E-state index is 6.09. The summed E-state index contributed by atoms with van der Waals surface area (Å²) in [5.74, 6) is 1.58. The fraction of sp³-hybridized carbons (Fsp3) is 0.190. The third kappa shape index (κ3) is 4.50. The molecule has 1 N–H and O–H groups in total. The van der Waals surface area contributed by atoms with E-state index in [0.717, 1.165) is 42.7 Å². The van der Waals surface area contributed by atoms with E-state index in [-0.39, 0.29) is 12.4 Å². The van der Waals surface area contributed by atoms with E-state index in [4.69, 9.17) is 21.1 Å². The molecule has 4 aromatic rings. The van der Waals surface area contributed by atoms with Crippen LogP contribution in [0, 0.1) is 0 Å². The highest BCUT2D eigenvalue weighted by atomic mass is 35.5. The number of benzene rings is 2. The number of nitrogens with zero attached hydrogens (tertiary/aromatic N) is 1. The minimum Gasteiger partial charge on any atom is -0.490 e. The Morgan fingerprint density at radius 1 is 1.07 bits per heavy atom. The molecule has 4 rings (SSSR count). The van der Waals surface area contributed by atoms with Gasteiger partial charge in [-0.2, -0.15) is 0 Å². The van der Waals surface area contributed by atoms with Gasteiger partial charge in [0, 0.05) is 23.9 Å². The largest absolute Gasteiger partial charge is 0.490 e. The van der Waals surface area contributed by atoms with Crippen LogP contribution in [0.3, 0.4) is 0 Å². The molecule has 0 unspecified atom stereocenters. The Labute approximate surface area is 178 Å². The second-order valence-corrected chi connectivity index (χ2v) is 7.71. The predicted octanol–water partition coefficient (Wildman–Crippen LogP) is 6.45. The Balaban J connectivity index is 0.00000225. The molecule has 0 saturated carbocycles. The van der Waals surface area contributed by atoms with Gasteiger partial charge < -0.3 is 14.5 Å². The molecule has 0 aliphatic carbocycles. The van der Waals surface area contributed by atoms with Crippen LogP contribution in [0.25, 0.3) is 32.6 Å². The zero-order valence-electron chi connectivity index (χ0n) is 15.3. The monoisotopic (exact) mass is 434 g/mol. The van der Waals surface area contributed by atoms with E-state index in [2.05, 4.69) is 40.3 Å². The third-order valence-corrected chi connectivity index (χ3v) is 5.52. The van der Waals surface area contributed by atoms with Crippen LogP contribution in [-0.4, -0.2) is 29.8 Å². The Bertz CT molecular complexity index is 1050. The molecule has 0 aliphatic rings. The van der Waals surface area contributed by atoms with Crippen molar-refractivity contribution in [1.29, 1.82) is 0 Å². The van der Waals surface area contributed by atoms with Crippen LogP contribution in [0.15, 0.2) is 54.9 Å². The van der Waals surface area contributed by atoms with Gasteiger partial charge in [-0.05, 0) is 53.6 Å². The molecule has 0 saturated heterocycles. The number of ether oxygens (including phenoxy) is 2. The van der Waals surface area contributed by atoms with Crippen molar-refractivity contribution in [3.05, 3.63) is 59.2 Å². The van der Waals surface area contributed by atoms with E-state index in [1.807, 2.05) is 25.3 Å². The predicted molar refractivity (Wildman–Crippen MR) is 119 cm³/mol. The van der Waals surface area contributed by atoms with E-state index in [1.165, 1.54) is 0 Å². The molecular weight excluding hydrogens is 415 g/mol. The lowest BCUT2D eigenvalue weighted by molar-refractivity contribution is 0.110. The van der Waals surface area contributed by atoms with Gasteiger partial charge >= 0.3 is 0 Å². The van der Waals surface area contributed by atoms with Crippen molar-refractivity contribution in [2.24, 2.45) is 0 Å². The minimum absolute atomic E-state index is 0. The summed E-state index contributed by atoms with van der Waals surface area (Å²) >= 11 is 7.67. The van der Waals surface area contributed by atoms with Crippen molar-refractivity contribution in [3.8, 4) is 27.6 Å². The average molecular weight is 435 g/mol. The summed E-state index contributed by atoms with van der Waals surface area (Å²) in [6.07, 6.45) is 3.56. The molecule has 0 amide bonds. The average Bonchev–Trinajstić information content (AvgIpc) is 3.36. The van der Waals surface area contributed by atoms with Crippen LogP contribution in [0.1, 0.15) is 6.92 Å². The standard InChI is InChI=1S/C21H19ClN2O2S.ClH/c1-2-25-9-10-26-18-13-14-3-4-15(19-5-6-20(22)27-19)11-16(14)12-17(18)21-23-7-8-24-21;/h3-8,11-13H,2,9-10H2,1H3,(H,23,24);1H. The molecule has 0 radical (unpaired) electrons. The van der Waals surface area contributed by atoms with Gasteiger partial charge in [0.05, 0.1) is 16.5 Å². The van der Waals surface area contributed by atoms with Crippen LogP contribution in [0.2, 0.25) is 4.34 Å². The first-order valence-electron chi connectivity index (χ1n) is 8.78. The Morgan fingerprint density at radius 3 is 2.68 bits per heavy atom. The molecule has 0 spiro atoms. The molecule has 0 aliphatic heterocycles. The highest BCUT2D eigenvalue weighted by Gasteiger charge is 2.12. The normalized spacial score (nSPS) is 10.8. The van der Waals surface area contributed by atoms with Crippen LogP contribution in [0.5, 0.6) is 5.75 Å². The number of aromatic nitrogens is 2. The number of thiophene rings is 1. The Kier molecular flexibility index (Phi) is 6.97.